The summed E-state index contributed by atoms with van der Waals surface area (Å²) in [6, 6.07) is 7.71. The summed E-state index contributed by atoms with van der Waals surface area (Å²) in [4.78, 5) is 7.42. The lowest BCUT2D eigenvalue weighted by molar-refractivity contribution is 0.314. The highest BCUT2D eigenvalue weighted by atomic mass is 127. The van der Waals surface area contributed by atoms with Gasteiger partial charge in [0.15, 0.2) is 5.96 Å². The Bertz CT molecular complexity index is 630. The van der Waals surface area contributed by atoms with Crippen molar-refractivity contribution in [1.82, 2.24) is 15.5 Å². The summed E-state index contributed by atoms with van der Waals surface area (Å²) >= 11 is 0. The van der Waals surface area contributed by atoms with E-state index in [4.69, 9.17) is 4.99 Å². The van der Waals surface area contributed by atoms with Gasteiger partial charge in [0.25, 0.3) is 0 Å². The highest BCUT2D eigenvalue weighted by Crippen LogP contribution is 2.31. The van der Waals surface area contributed by atoms with Gasteiger partial charge in [-0.15, -0.1) is 24.0 Å². The fourth-order valence-corrected chi connectivity index (χ4v) is 3.66. The first kappa shape index (κ1) is 22.4. The van der Waals surface area contributed by atoms with Crippen LogP contribution in [0.4, 0.5) is 4.39 Å². The number of hydrogen-bond acceptors (Lipinski definition) is 2. The number of guanidine groups is 1. The third-order valence-electron chi connectivity index (χ3n) is 5.52. The molecule has 2 aliphatic rings. The zero-order valence-corrected chi connectivity index (χ0v) is 19.1. The lowest BCUT2D eigenvalue weighted by Crippen LogP contribution is -2.41. The molecule has 0 bridgehead atoms. The highest BCUT2D eigenvalue weighted by molar-refractivity contribution is 14.0. The van der Waals surface area contributed by atoms with Gasteiger partial charge in [-0.25, -0.2) is 4.39 Å². The minimum Gasteiger partial charge on any atom is -0.357 e. The Balaban J connectivity index is 0.00000261. The maximum Gasteiger partial charge on any atom is 0.191 e. The molecule has 0 aromatic heterocycles. The van der Waals surface area contributed by atoms with Gasteiger partial charge in [-0.1, -0.05) is 26.0 Å². The van der Waals surface area contributed by atoms with E-state index < -0.39 is 0 Å². The van der Waals surface area contributed by atoms with Crippen LogP contribution in [0, 0.1) is 11.7 Å². The number of benzene rings is 1. The third-order valence-corrected chi connectivity index (χ3v) is 5.52. The normalized spacial score (nSPS) is 21.0. The third kappa shape index (κ3) is 6.59. The first-order valence-corrected chi connectivity index (χ1v) is 10.00. The van der Waals surface area contributed by atoms with Gasteiger partial charge in [0, 0.05) is 31.1 Å². The zero-order valence-electron chi connectivity index (χ0n) is 16.8. The quantitative estimate of drug-likeness (QED) is 0.349. The molecule has 6 heteroatoms. The Labute approximate surface area is 180 Å². The second-order valence-electron chi connectivity index (χ2n) is 8.35. The number of hydrogen-bond donors (Lipinski definition) is 2. The molecule has 1 heterocycles. The Kier molecular flexibility index (Phi) is 8.34. The molecule has 1 aromatic carbocycles. The van der Waals surface area contributed by atoms with Gasteiger partial charge >= 0.3 is 0 Å². The van der Waals surface area contributed by atoms with E-state index in [-0.39, 0.29) is 35.2 Å². The first-order valence-electron chi connectivity index (χ1n) is 10.00. The highest BCUT2D eigenvalue weighted by Gasteiger charge is 2.34. The summed E-state index contributed by atoms with van der Waals surface area (Å²) < 4.78 is 13.5. The molecule has 4 nitrogen and oxygen atoms in total. The summed E-state index contributed by atoms with van der Waals surface area (Å²) in [7, 11) is 0. The largest absolute Gasteiger partial charge is 0.357 e. The molecule has 2 N–H and O–H groups in total. The van der Waals surface area contributed by atoms with E-state index in [1.54, 1.807) is 12.1 Å². The number of nitrogens with zero attached hydrogens (tertiary/aromatic N) is 2. The average Bonchev–Trinajstić information content (AvgIpc) is 3.36. The number of halogens is 2. The molecule has 1 unspecified atom stereocenters. The summed E-state index contributed by atoms with van der Waals surface area (Å²) in [5.74, 6) is 1.38. The fourth-order valence-electron chi connectivity index (χ4n) is 3.66. The van der Waals surface area contributed by atoms with E-state index in [1.165, 1.54) is 38.4 Å². The van der Waals surface area contributed by atoms with Crippen molar-refractivity contribution in [2.75, 3.05) is 32.7 Å². The number of rotatable bonds is 7. The molecular weight excluding hydrogens is 454 g/mol. The van der Waals surface area contributed by atoms with Crippen LogP contribution in [-0.4, -0.2) is 49.6 Å². The van der Waals surface area contributed by atoms with Crippen molar-refractivity contribution in [1.29, 1.82) is 0 Å². The summed E-state index contributed by atoms with van der Waals surface area (Å²) in [6.07, 6.45) is 4.05. The van der Waals surface area contributed by atoms with Crippen LogP contribution in [0.25, 0.3) is 0 Å². The van der Waals surface area contributed by atoms with E-state index in [0.717, 1.165) is 30.7 Å². The Hall–Kier alpha value is -0.890. The Morgan fingerprint density at radius 2 is 2.04 bits per heavy atom. The van der Waals surface area contributed by atoms with Crippen LogP contribution in [0.2, 0.25) is 0 Å². The van der Waals surface area contributed by atoms with Gasteiger partial charge in [0.05, 0.1) is 6.54 Å². The maximum absolute atomic E-state index is 13.5. The van der Waals surface area contributed by atoms with Crippen LogP contribution in [0.5, 0.6) is 0 Å². The molecular formula is C21H34FIN4. The molecule has 3 rings (SSSR count). The minimum absolute atomic E-state index is 0. The summed E-state index contributed by atoms with van der Waals surface area (Å²) in [5.41, 5.74) is 0.772. The van der Waals surface area contributed by atoms with Crippen molar-refractivity contribution >= 4 is 29.9 Å². The first-order chi connectivity index (χ1) is 12.5. The smallest absolute Gasteiger partial charge is 0.191 e. The molecule has 0 radical (unpaired) electrons. The standard InChI is InChI=1S/C21H33FN4.HI/c1-4-23-20(24-13-16-10-11-26(14-16)19-8-9-19)25-15-21(2,3)17-6-5-7-18(22)12-17;/h5-7,12,16,19H,4,8-11,13-15H2,1-3H3,(H2,23,24,25);1H. The number of likely N-dealkylation sites (tertiary alicyclic amines) is 1. The Morgan fingerprint density at radius 1 is 1.26 bits per heavy atom. The second kappa shape index (κ2) is 10.0. The van der Waals surface area contributed by atoms with Crippen LogP contribution in [-0.2, 0) is 5.41 Å². The van der Waals surface area contributed by atoms with Crippen molar-refractivity contribution in [3.63, 3.8) is 0 Å². The summed E-state index contributed by atoms with van der Waals surface area (Å²) in [5, 5.41) is 6.86. The van der Waals surface area contributed by atoms with Gasteiger partial charge in [-0.3, -0.25) is 4.99 Å². The molecule has 1 saturated heterocycles. The molecule has 0 spiro atoms. The van der Waals surface area contributed by atoms with Crippen LogP contribution < -0.4 is 10.6 Å². The average molecular weight is 488 g/mol. The van der Waals surface area contributed by atoms with Crippen molar-refractivity contribution in [2.45, 2.75) is 51.5 Å². The van der Waals surface area contributed by atoms with E-state index in [0.29, 0.717) is 12.5 Å². The molecule has 1 aliphatic heterocycles. The van der Waals surface area contributed by atoms with E-state index >= 15 is 0 Å². The SMILES string of the molecule is CCNC(=NCC(C)(C)c1cccc(F)c1)NCC1CCN(C2CC2)C1.I. The van der Waals surface area contributed by atoms with Crippen LogP contribution >= 0.6 is 24.0 Å². The zero-order chi connectivity index (χ0) is 18.6. The van der Waals surface area contributed by atoms with Gasteiger partial charge in [-0.05, 0) is 56.3 Å². The van der Waals surface area contributed by atoms with E-state index in [1.807, 2.05) is 6.07 Å². The van der Waals surface area contributed by atoms with E-state index in [2.05, 4.69) is 36.3 Å². The molecule has 1 atom stereocenters. The monoisotopic (exact) mass is 488 g/mol. The van der Waals surface area contributed by atoms with Crippen molar-refractivity contribution in [3.8, 4) is 0 Å². The predicted octanol–water partition coefficient (Wildman–Crippen LogP) is 3.76. The molecule has 27 heavy (non-hydrogen) atoms. The number of aliphatic imine (C=N–C) groups is 1. The lowest BCUT2D eigenvalue weighted by atomic mass is 9.85. The molecule has 152 valence electrons. The van der Waals surface area contributed by atoms with Gasteiger partial charge in [0.2, 0.25) is 0 Å². The van der Waals surface area contributed by atoms with Gasteiger partial charge < -0.3 is 15.5 Å². The molecule has 1 aromatic rings. The Morgan fingerprint density at radius 3 is 2.70 bits per heavy atom. The van der Waals surface area contributed by atoms with Crippen LogP contribution in [0.1, 0.15) is 45.6 Å². The topological polar surface area (TPSA) is 39.7 Å². The van der Waals surface area contributed by atoms with Crippen molar-refractivity contribution < 1.29 is 4.39 Å². The van der Waals surface area contributed by atoms with Gasteiger partial charge in [-0.2, -0.15) is 0 Å². The predicted molar refractivity (Wildman–Crippen MR) is 122 cm³/mol. The molecule has 0 amide bonds. The fraction of sp³-hybridized carbons (Fsp3) is 0.667. The lowest BCUT2D eigenvalue weighted by Gasteiger charge is -2.24. The van der Waals surface area contributed by atoms with Crippen molar-refractivity contribution in [3.05, 3.63) is 35.6 Å². The second-order valence-corrected chi connectivity index (χ2v) is 8.35. The molecule has 2 fully saturated rings. The maximum atomic E-state index is 13.5. The molecule has 1 saturated carbocycles. The number of nitrogens with one attached hydrogen (secondary N) is 2. The van der Waals surface area contributed by atoms with Gasteiger partial charge in [0.1, 0.15) is 5.82 Å². The summed E-state index contributed by atoms with van der Waals surface area (Å²) in [6.45, 7) is 11.2. The van der Waals surface area contributed by atoms with E-state index in [9.17, 15) is 4.39 Å². The molecule has 1 aliphatic carbocycles. The van der Waals surface area contributed by atoms with Crippen LogP contribution in [0.15, 0.2) is 29.3 Å². The van der Waals surface area contributed by atoms with Crippen molar-refractivity contribution in [2.24, 2.45) is 10.9 Å². The van der Waals surface area contributed by atoms with Crippen LogP contribution in [0.3, 0.4) is 0 Å². The minimum atomic E-state index is -0.208.